The van der Waals surface area contributed by atoms with Crippen molar-refractivity contribution in [3.05, 3.63) is 0 Å². The minimum Gasteiger partial charge on any atom is -0.459 e. The minimum absolute atomic E-state index is 0.0465. The maximum absolute atomic E-state index is 13.7. The quantitative estimate of drug-likeness (QED) is 0.202. The predicted molar refractivity (Wildman–Crippen MR) is 163 cm³/mol. The van der Waals surface area contributed by atoms with Gasteiger partial charge in [-0.25, -0.2) is 0 Å². The number of nitrogens with one attached hydrogen (secondary N) is 2. The molecule has 0 amide bonds. The van der Waals surface area contributed by atoms with Crippen LogP contribution in [0, 0.1) is 17.8 Å². The van der Waals surface area contributed by atoms with Crippen LogP contribution in [0.1, 0.15) is 74.7 Å². The molecule has 2 rings (SSSR count). The van der Waals surface area contributed by atoms with E-state index >= 15 is 0 Å². The SMILES string of the molecule is CC[C@H]1OC(=O)C(C)[C@@](O)(CNC)[C@H](C)[C@@H](O[C@@H]2O[C@H](C)C[C@H](N(C)C)[C@H]2O)[C@@](C)(O)C[C@@H](C)CN[C@H](C)[C@@H](O)[C@]1(C)O. The number of aliphatic hydroxyl groups excluding tert-OH is 2. The van der Waals surface area contributed by atoms with Gasteiger partial charge in [0.05, 0.1) is 29.3 Å². The van der Waals surface area contributed by atoms with Crippen LogP contribution in [-0.4, -0.2) is 136 Å². The summed E-state index contributed by atoms with van der Waals surface area (Å²) in [5.74, 6) is -2.92. The molecule has 0 aromatic rings. The van der Waals surface area contributed by atoms with Gasteiger partial charge >= 0.3 is 5.97 Å². The van der Waals surface area contributed by atoms with E-state index in [1.54, 1.807) is 41.7 Å². The highest BCUT2D eigenvalue weighted by atomic mass is 16.7. The van der Waals surface area contributed by atoms with E-state index in [0.29, 0.717) is 13.0 Å². The van der Waals surface area contributed by atoms with Crippen LogP contribution in [0.3, 0.4) is 0 Å². The highest BCUT2D eigenvalue weighted by molar-refractivity contribution is 5.74. The number of cyclic esters (lactones) is 1. The molecule has 2 fully saturated rings. The van der Waals surface area contributed by atoms with Crippen LogP contribution in [0.4, 0.5) is 0 Å². The fourth-order valence-electron chi connectivity index (χ4n) is 7.01. The van der Waals surface area contributed by atoms with Gasteiger partial charge in [-0.3, -0.25) is 4.79 Å². The smallest absolute Gasteiger partial charge is 0.312 e. The van der Waals surface area contributed by atoms with E-state index in [2.05, 4.69) is 10.6 Å². The standard InChI is InChI=1S/C31H61N3O9/c1-12-23-30(8,39)25(36)21(6)33-15-17(2)14-29(7,38)26(19(4)31(40,16-32-9)20(5)27(37)42-23)43-28-24(35)22(34(10)11)13-18(3)41-28/h17-26,28,32-33,35-36,38-40H,12-16H2,1-11H3/t17-,18-,19-,20?,21-,22+,23-,24-,25-,26-,28+,29+,30-,31-/m1/s1. The first kappa shape index (κ1) is 38.3. The zero-order chi connectivity index (χ0) is 33.1. The Morgan fingerprint density at radius 1 is 1.09 bits per heavy atom. The molecule has 0 radical (unpaired) electrons. The lowest BCUT2D eigenvalue weighted by Crippen LogP contribution is -2.63. The number of rotatable bonds is 6. The van der Waals surface area contributed by atoms with Gasteiger partial charge in [0.25, 0.3) is 0 Å². The maximum atomic E-state index is 13.7. The number of hydrogen-bond donors (Lipinski definition) is 7. The Balaban J connectivity index is 2.64. The fourth-order valence-corrected chi connectivity index (χ4v) is 7.01. The summed E-state index contributed by atoms with van der Waals surface area (Å²) in [5, 5.41) is 64.4. The Bertz CT molecular complexity index is 891. The van der Waals surface area contributed by atoms with Crippen molar-refractivity contribution in [1.29, 1.82) is 0 Å². The Kier molecular flexibility index (Phi) is 13.4. The summed E-state index contributed by atoms with van der Waals surface area (Å²) in [7, 11) is 5.39. The molecule has 7 N–H and O–H groups in total. The molecule has 12 heteroatoms. The van der Waals surface area contributed by atoms with E-state index < -0.39 is 71.4 Å². The molecule has 1 unspecified atom stereocenters. The summed E-state index contributed by atoms with van der Waals surface area (Å²) in [4.78, 5) is 15.6. The number of likely N-dealkylation sites (N-methyl/N-ethyl adjacent to an activating group) is 2. The summed E-state index contributed by atoms with van der Waals surface area (Å²) < 4.78 is 18.4. The van der Waals surface area contributed by atoms with E-state index in [0.717, 1.165) is 0 Å². The van der Waals surface area contributed by atoms with Crippen molar-refractivity contribution >= 4 is 5.97 Å². The molecule has 254 valence electrons. The number of ether oxygens (including phenoxy) is 3. The third-order valence-electron chi connectivity index (χ3n) is 9.88. The summed E-state index contributed by atoms with van der Waals surface area (Å²) >= 11 is 0. The topological polar surface area (TPSA) is 173 Å². The van der Waals surface area contributed by atoms with E-state index in [4.69, 9.17) is 14.2 Å². The van der Waals surface area contributed by atoms with E-state index in [9.17, 15) is 30.3 Å². The Hall–Kier alpha value is -0.930. The van der Waals surface area contributed by atoms with Gasteiger partial charge < -0.3 is 55.3 Å². The second kappa shape index (κ2) is 15.1. The van der Waals surface area contributed by atoms with Gasteiger partial charge in [0, 0.05) is 24.5 Å². The van der Waals surface area contributed by atoms with Gasteiger partial charge in [-0.15, -0.1) is 0 Å². The molecular weight excluding hydrogens is 558 g/mol. The summed E-state index contributed by atoms with van der Waals surface area (Å²) in [6, 6.07) is -0.823. The Morgan fingerprint density at radius 2 is 1.70 bits per heavy atom. The molecule has 14 atom stereocenters. The molecular formula is C31H61N3O9. The molecule has 43 heavy (non-hydrogen) atoms. The summed E-state index contributed by atoms with van der Waals surface area (Å²) in [5.41, 5.74) is -5.13. The van der Waals surface area contributed by atoms with Gasteiger partial charge in [0.2, 0.25) is 0 Å². The van der Waals surface area contributed by atoms with Gasteiger partial charge in [-0.05, 0) is 87.5 Å². The maximum Gasteiger partial charge on any atom is 0.312 e. The lowest BCUT2D eigenvalue weighted by Gasteiger charge is -2.49. The van der Waals surface area contributed by atoms with Crippen LogP contribution in [-0.2, 0) is 19.0 Å². The van der Waals surface area contributed by atoms with Crippen molar-refractivity contribution < 1.29 is 44.5 Å². The van der Waals surface area contributed by atoms with Crippen molar-refractivity contribution in [3.63, 3.8) is 0 Å². The van der Waals surface area contributed by atoms with Crippen LogP contribution < -0.4 is 10.6 Å². The first-order valence-electron chi connectivity index (χ1n) is 15.8. The summed E-state index contributed by atoms with van der Waals surface area (Å²) in [6.07, 6.45) is -4.74. The molecule has 0 aliphatic carbocycles. The van der Waals surface area contributed by atoms with Crippen molar-refractivity contribution in [2.45, 2.75) is 140 Å². The third kappa shape index (κ3) is 8.66. The first-order chi connectivity index (χ1) is 19.7. The van der Waals surface area contributed by atoms with Crippen LogP contribution in [0.5, 0.6) is 0 Å². The zero-order valence-electron chi connectivity index (χ0n) is 28.2. The highest BCUT2D eigenvalue weighted by Gasteiger charge is 2.54. The molecule has 2 aliphatic heterocycles. The van der Waals surface area contributed by atoms with Gasteiger partial charge in [-0.2, -0.15) is 0 Å². The normalized spacial score (nSPS) is 47.9. The summed E-state index contributed by atoms with van der Waals surface area (Å²) in [6.45, 7) is 14.0. The molecule has 0 aromatic carbocycles. The molecule has 0 spiro atoms. The molecule has 12 nitrogen and oxygen atoms in total. The predicted octanol–water partition coefficient (Wildman–Crippen LogP) is 0.223. The molecule has 0 aromatic heterocycles. The van der Waals surface area contributed by atoms with Crippen molar-refractivity contribution in [1.82, 2.24) is 15.5 Å². The number of hydrogen-bond acceptors (Lipinski definition) is 12. The second-order valence-electron chi connectivity index (χ2n) is 14.0. The average Bonchev–Trinajstić information content (AvgIpc) is 2.92. The molecule has 2 aliphatic rings. The largest absolute Gasteiger partial charge is 0.459 e. The monoisotopic (exact) mass is 619 g/mol. The molecule has 0 saturated carbocycles. The van der Waals surface area contributed by atoms with Crippen LogP contribution in [0.2, 0.25) is 0 Å². The number of carbonyl (C=O) groups excluding carboxylic acids is 1. The van der Waals surface area contributed by atoms with Crippen molar-refractivity contribution in [2.24, 2.45) is 17.8 Å². The highest BCUT2D eigenvalue weighted by Crippen LogP contribution is 2.40. The Morgan fingerprint density at radius 3 is 2.23 bits per heavy atom. The van der Waals surface area contributed by atoms with E-state index in [1.807, 2.05) is 32.8 Å². The minimum atomic E-state index is -1.80. The molecule has 2 heterocycles. The van der Waals surface area contributed by atoms with Crippen LogP contribution in [0.25, 0.3) is 0 Å². The number of nitrogens with zero attached hydrogens (tertiary/aromatic N) is 1. The fraction of sp³-hybridized carbons (Fsp3) is 0.968. The number of aliphatic hydroxyl groups is 5. The zero-order valence-corrected chi connectivity index (χ0v) is 28.2. The third-order valence-corrected chi connectivity index (χ3v) is 9.88. The lowest BCUT2D eigenvalue weighted by atomic mass is 9.70. The lowest BCUT2D eigenvalue weighted by molar-refractivity contribution is -0.304. The average molecular weight is 620 g/mol. The molecule has 0 bridgehead atoms. The number of carbonyl (C=O) groups is 1. The van der Waals surface area contributed by atoms with Crippen LogP contribution >= 0.6 is 0 Å². The van der Waals surface area contributed by atoms with Crippen LogP contribution in [0.15, 0.2) is 0 Å². The van der Waals surface area contributed by atoms with Crippen molar-refractivity contribution in [2.75, 3.05) is 34.2 Å². The first-order valence-corrected chi connectivity index (χ1v) is 15.8. The van der Waals surface area contributed by atoms with Gasteiger partial charge in [0.15, 0.2) is 6.29 Å². The molecule has 2 saturated heterocycles. The van der Waals surface area contributed by atoms with Gasteiger partial charge in [-0.1, -0.05) is 20.8 Å². The number of esters is 1. The Labute approximate surface area is 258 Å². The van der Waals surface area contributed by atoms with Gasteiger partial charge in [0.1, 0.15) is 23.9 Å². The van der Waals surface area contributed by atoms with E-state index in [1.165, 1.54) is 6.92 Å². The second-order valence-corrected chi connectivity index (χ2v) is 14.0. The van der Waals surface area contributed by atoms with E-state index in [-0.39, 0.29) is 37.5 Å². The van der Waals surface area contributed by atoms with Crippen molar-refractivity contribution in [3.8, 4) is 0 Å².